The fourth-order valence-electron chi connectivity index (χ4n) is 3.41. The first kappa shape index (κ1) is 17.8. The highest BCUT2D eigenvalue weighted by atomic mass is 16.1. The van der Waals surface area contributed by atoms with Crippen LogP contribution in [0.5, 0.6) is 0 Å². The van der Waals surface area contributed by atoms with Crippen molar-refractivity contribution in [1.29, 1.82) is 0 Å². The summed E-state index contributed by atoms with van der Waals surface area (Å²) in [6.45, 7) is 0. The van der Waals surface area contributed by atoms with Crippen LogP contribution in [0.15, 0.2) is 104 Å². The Morgan fingerprint density at radius 3 is 2.23 bits per heavy atom. The summed E-state index contributed by atoms with van der Waals surface area (Å²) < 4.78 is 1.92. The number of imidazole rings is 1. The molecule has 30 heavy (non-hydrogen) atoms. The van der Waals surface area contributed by atoms with Crippen LogP contribution in [0.1, 0.15) is 10.4 Å². The van der Waals surface area contributed by atoms with Crippen molar-refractivity contribution >= 4 is 17.2 Å². The van der Waals surface area contributed by atoms with Gasteiger partial charge in [0.15, 0.2) is 5.65 Å². The van der Waals surface area contributed by atoms with Gasteiger partial charge in [0.2, 0.25) is 0 Å². The van der Waals surface area contributed by atoms with Gasteiger partial charge < -0.3 is 9.72 Å². The normalized spacial score (nSPS) is 10.8. The summed E-state index contributed by atoms with van der Waals surface area (Å²) in [7, 11) is 0. The Bertz CT molecular complexity index is 1310. The number of anilines is 1. The Hall–Kier alpha value is -4.25. The summed E-state index contributed by atoms with van der Waals surface area (Å²) in [5.74, 6) is -0.192. The number of hydrogen-bond donors (Lipinski definition) is 1. The number of carbonyl (C=O) groups is 1. The second-order valence-corrected chi connectivity index (χ2v) is 6.91. The van der Waals surface area contributed by atoms with E-state index in [2.05, 4.69) is 46.7 Å². The summed E-state index contributed by atoms with van der Waals surface area (Å²) in [5, 5.41) is 2.95. The van der Waals surface area contributed by atoms with Gasteiger partial charge in [-0.15, -0.1) is 0 Å². The molecule has 1 amide bonds. The predicted molar refractivity (Wildman–Crippen MR) is 118 cm³/mol. The number of fused-ring (bicyclic) bond motifs is 1. The number of nitrogens with zero attached hydrogens (tertiary/aromatic N) is 3. The predicted octanol–water partition coefficient (Wildman–Crippen LogP) is 5.32. The van der Waals surface area contributed by atoms with Crippen LogP contribution in [-0.4, -0.2) is 20.3 Å². The minimum atomic E-state index is -0.192. The zero-order valence-corrected chi connectivity index (χ0v) is 16.1. The van der Waals surface area contributed by atoms with Gasteiger partial charge in [-0.3, -0.25) is 9.78 Å². The third-order valence-corrected chi connectivity index (χ3v) is 4.96. The smallest absolute Gasteiger partial charge is 0.255 e. The van der Waals surface area contributed by atoms with Gasteiger partial charge in [-0.1, -0.05) is 54.6 Å². The van der Waals surface area contributed by atoms with Crippen molar-refractivity contribution in [2.75, 3.05) is 5.32 Å². The monoisotopic (exact) mass is 390 g/mol. The van der Waals surface area contributed by atoms with Crippen LogP contribution in [-0.2, 0) is 0 Å². The largest absolute Gasteiger partial charge is 0.319 e. The average Bonchev–Trinajstić information content (AvgIpc) is 3.26. The van der Waals surface area contributed by atoms with E-state index < -0.39 is 0 Å². The van der Waals surface area contributed by atoms with Crippen molar-refractivity contribution in [3.05, 3.63) is 109 Å². The Morgan fingerprint density at radius 2 is 1.47 bits per heavy atom. The van der Waals surface area contributed by atoms with Crippen LogP contribution >= 0.6 is 0 Å². The van der Waals surface area contributed by atoms with Gasteiger partial charge in [0.1, 0.15) is 0 Å². The second-order valence-electron chi connectivity index (χ2n) is 6.91. The van der Waals surface area contributed by atoms with Crippen molar-refractivity contribution in [2.45, 2.75) is 0 Å². The molecule has 5 rings (SSSR count). The summed E-state index contributed by atoms with van der Waals surface area (Å²) in [6, 6.07) is 25.7. The number of pyridine rings is 2. The number of hydrogen-bond acceptors (Lipinski definition) is 3. The molecule has 0 bridgehead atoms. The highest BCUT2D eigenvalue weighted by Crippen LogP contribution is 2.26. The molecule has 0 spiro atoms. The highest BCUT2D eigenvalue weighted by molar-refractivity contribution is 6.06. The zero-order chi connectivity index (χ0) is 20.3. The van der Waals surface area contributed by atoms with Crippen LogP contribution in [0.2, 0.25) is 0 Å². The summed E-state index contributed by atoms with van der Waals surface area (Å²) in [6.07, 6.45) is 7.09. The molecular formula is C25H18N4O. The number of rotatable bonds is 4. The number of amides is 1. The molecule has 144 valence electrons. The minimum absolute atomic E-state index is 0.192. The number of benzene rings is 2. The maximum Gasteiger partial charge on any atom is 0.255 e. The van der Waals surface area contributed by atoms with E-state index in [0.29, 0.717) is 16.9 Å². The van der Waals surface area contributed by atoms with Gasteiger partial charge in [0.05, 0.1) is 11.4 Å². The van der Waals surface area contributed by atoms with E-state index in [4.69, 9.17) is 4.98 Å². The fraction of sp³-hybridized carbons (Fsp3) is 0. The molecule has 3 aromatic heterocycles. The average molecular weight is 390 g/mol. The number of aromatic nitrogens is 3. The molecule has 5 heteroatoms. The molecule has 0 fully saturated rings. The van der Waals surface area contributed by atoms with Crippen LogP contribution < -0.4 is 5.32 Å². The maximum absolute atomic E-state index is 12.5. The van der Waals surface area contributed by atoms with Gasteiger partial charge in [-0.25, -0.2) is 4.98 Å². The highest BCUT2D eigenvalue weighted by Gasteiger charge is 2.12. The standard InChI is InChI=1S/C25H18N4O/c30-25(21-12-14-26-15-13-21)28-22-7-4-16-29-17-23(27-24(22)29)20-10-8-19(9-11-20)18-5-2-1-3-6-18/h1-17H,(H,28,30). The Labute approximate surface area is 173 Å². The first-order chi connectivity index (χ1) is 14.8. The van der Waals surface area contributed by atoms with Crippen LogP contribution in [0.25, 0.3) is 28.0 Å². The third-order valence-electron chi connectivity index (χ3n) is 4.96. The summed E-state index contributed by atoms with van der Waals surface area (Å²) in [5.41, 5.74) is 6.11. The van der Waals surface area contributed by atoms with Crippen LogP contribution in [0.4, 0.5) is 5.69 Å². The molecule has 5 aromatic rings. The quantitative estimate of drug-likeness (QED) is 0.452. The molecule has 0 saturated heterocycles. The van der Waals surface area contributed by atoms with Crippen molar-refractivity contribution in [3.8, 4) is 22.4 Å². The molecule has 1 N–H and O–H groups in total. The second kappa shape index (κ2) is 7.64. The van der Waals surface area contributed by atoms with Gasteiger partial charge in [-0.05, 0) is 35.4 Å². The SMILES string of the molecule is O=C(Nc1cccn2cc(-c3ccc(-c4ccccc4)cc3)nc12)c1ccncc1. The Morgan fingerprint density at radius 1 is 0.767 bits per heavy atom. The topological polar surface area (TPSA) is 59.3 Å². The zero-order valence-electron chi connectivity index (χ0n) is 16.1. The van der Waals surface area contributed by atoms with Crippen LogP contribution in [0, 0.1) is 0 Å². The molecule has 3 heterocycles. The van der Waals surface area contributed by atoms with Crippen molar-refractivity contribution in [3.63, 3.8) is 0 Å². The fourth-order valence-corrected chi connectivity index (χ4v) is 3.41. The lowest BCUT2D eigenvalue weighted by atomic mass is 10.0. The van der Waals surface area contributed by atoms with Gasteiger partial charge in [0, 0.05) is 35.9 Å². The molecule has 0 aliphatic heterocycles. The van der Waals surface area contributed by atoms with Gasteiger partial charge in [0.25, 0.3) is 5.91 Å². The van der Waals surface area contributed by atoms with E-state index in [1.165, 1.54) is 5.56 Å². The summed E-state index contributed by atoms with van der Waals surface area (Å²) >= 11 is 0. The van der Waals surface area contributed by atoms with Crippen LogP contribution in [0.3, 0.4) is 0 Å². The number of carbonyl (C=O) groups excluding carboxylic acids is 1. The van der Waals surface area contributed by atoms with Crippen molar-refractivity contribution in [1.82, 2.24) is 14.4 Å². The van der Waals surface area contributed by atoms with E-state index in [1.54, 1.807) is 24.5 Å². The van der Waals surface area contributed by atoms with E-state index in [-0.39, 0.29) is 5.91 Å². The van der Waals surface area contributed by atoms with E-state index in [9.17, 15) is 4.79 Å². The molecule has 0 aliphatic carbocycles. The molecule has 0 radical (unpaired) electrons. The first-order valence-electron chi connectivity index (χ1n) is 9.63. The maximum atomic E-state index is 12.5. The molecule has 2 aromatic carbocycles. The van der Waals surface area contributed by atoms with Crippen molar-refractivity contribution in [2.24, 2.45) is 0 Å². The lowest BCUT2D eigenvalue weighted by Crippen LogP contribution is -2.12. The Kier molecular flexibility index (Phi) is 4.54. The first-order valence-corrected chi connectivity index (χ1v) is 9.63. The molecule has 5 nitrogen and oxygen atoms in total. The van der Waals surface area contributed by atoms with Crippen molar-refractivity contribution < 1.29 is 4.79 Å². The van der Waals surface area contributed by atoms with E-state index >= 15 is 0 Å². The number of nitrogens with one attached hydrogen (secondary N) is 1. The Balaban J connectivity index is 1.45. The minimum Gasteiger partial charge on any atom is -0.319 e. The lowest BCUT2D eigenvalue weighted by Gasteiger charge is -2.06. The van der Waals surface area contributed by atoms with Gasteiger partial charge >= 0.3 is 0 Å². The summed E-state index contributed by atoms with van der Waals surface area (Å²) in [4.78, 5) is 21.2. The molecule has 0 saturated carbocycles. The van der Waals surface area contributed by atoms with E-state index in [0.717, 1.165) is 16.8 Å². The molecule has 0 aliphatic rings. The molecule has 0 atom stereocenters. The third kappa shape index (κ3) is 3.44. The molecule has 0 unspecified atom stereocenters. The molecular weight excluding hydrogens is 372 g/mol. The lowest BCUT2D eigenvalue weighted by molar-refractivity contribution is 0.102. The van der Waals surface area contributed by atoms with Gasteiger partial charge in [-0.2, -0.15) is 0 Å². The van der Waals surface area contributed by atoms with E-state index in [1.807, 2.05) is 47.1 Å².